The number of aromatic amines is 1. The second-order valence-corrected chi connectivity index (χ2v) is 7.44. The number of nitrogens with two attached hydrogens (primary N) is 1. The highest BCUT2D eigenvalue weighted by Gasteiger charge is 2.24. The SMILES string of the molecule is CCCCCN(C(=O)CN(C)c1ccccc1)c1c(N)n(CCCC)c(=O)[nH]c1=O. The number of rotatable bonds is 11. The fourth-order valence-corrected chi connectivity index (χ4v) is 3.32. The molecule has 8 nitrogen and oxygen atoms in total. The van der Waals surface area contributed by atoms with Crippen LogP contribution in [0.25, 0.3) is 0 Å². The van der Waals surface area contributed by atoms with E-state index in [0.717, 1.165) is 37.8 Å². The molecule has 0 radical (unpaired) electrons. The number of nitrogen functional groups attached to an aromatic ring is 1. The number of anilines is 3. The molecular weight excluding hydrogens is 382 g/mol. The first-order valence-corrected chi connectivity index (χ1v) is 10.6. The Labute approximate surface area is 177 Å². The van der Waals surface area contributed by atoms with Gasteiger partial charge in [0.15, 0.2) is 5.69 Å². The van der Waals surface area contributed by atoms with Gasteiger partial charge in [-0.2, -0.15) is 0 Å². The molecule has 1 heterocycles. The summed E-state index contributed by atoms with van der Waals surface area (Å²) in [5, 5.41) is 0. The third kappa shape index (κ3) is 5.75. The number of carbonyl (C=O) groups is 1. The lowest BCUT2D eigenvalue weighted by Crippen LogP contribution is -2.45. The molecule has 8 heteroatoms. The van der Waals surface area contributed by atoms with E-state index in [9.17, 15) is 14.4 Å². The number of aromatic nitrogens is 2. The van der Waals surface area contributed by atoms with Gasteiger partial charge in [-0.1, -0.05) is 51.3 Å². The first kappa shape index (κ1) is 23.3. The molecule has 0 aliphatic rings. The van der Waals surface area contributed by atoms with E-state index in [2.05, 4.69) is 11.9 Å². The van der Waals surface area contributed by atoms with Gasteiger partial charge in [-0.15, -0.1) is 0 Å². The van der Waals surface area contributed by atoms with Gasteiger partial charge in [0.05, 0.1) is 6.54 Å². The molecule has 0 atom stereocenters. The molecular formula is C22H33N5O3. The van der Waals surface area contributed by atoms with E-state index in [-0.39, 0.29) is 24.0 Å². The van der Waals surface area contributed by atoms with Crippen molar-refractivity contribution in [2.24, 2.45) is 0 Å². The van der Waals surface area contributed by atoms with Gasteiger partial charge in [0.25, 0.3) is 5.56 Å². The predicted octanol–water partition coefficient (Wildman–Crippen LogP) is 2.58. The number of H-pyrrole nitrogens is 1. The Kier molecular flexibility index (Phi) is 8.70. The van der Waals surface area contributed by atoms with Crippen LogP contribution in [0.15, 0.2) is 39.9 Å². The van der Waals surface area contributed by atoms with Crippen LogP contribution in [0.3, 0.4) is 0 Å². The molecule has 0 saturated heterocycles. The lowest BCUT2D eigenvalue weighted by Gasteiger charge is -2.27. The quantitative estimate of drug-likeness (QED) is 0.549. The number of nitrogens with zero attached hydrogens (tertiary/aromatic N) is 3. The number of nitrogens with one attached hydrogen (secondary N) is 1. The van der Waals surface area contributed by atoms with E-state index in [1.54, 1.807) is 0 Å². The van der Waals surface area contributed by atoms with Crippen LogP contribution in [0.2, 0.25) is 0 Å². The minimum atomic E-state index is -0.627. The van der Waals surface area contributed by atoms with E-state index >= 15 is 0 Å². The van der Waals surface area contributed by atoms with Crippen molar-refractivity contribution in [2.75, 3.05) is 35.7 Å². The van der Waals surface area contributed by atoms with Crippen LogP contribution in [0, 0.1) is 0 Å². The van der Waals surface area contributed by atoms with Crippen molar-refractivity contribution in [3.63, 3.8) is 0 Å². The number of hydrogen-bond donors (Lipinski definition) is 2. The average Bonchev–Trinajstić information content (AvgIpc) is 2.73. The Morgan fingerprint density at radius 2 is 1.73 bits per heavy atom. The van der Waals surface area contributed by atoms with E-state index < -0.39 is 11.2 Å². The first-order chi connectivity index (χ1) is 14.4. The average molecular weight is 416 g/mol. The number of hydrogen-bond acceptors (Lipinski definition) is 5. The van der Waals surface area contributed by atoms with Gasteiger partial charge in [0.2, 0.25) is 5.91 Å². The Balaban J connectivity index is 2.39. The van der Waals surface area contributed by atoms with Crippen molar-refractivity contribution in [1.82, 2.24) is 9.55 Å². The van der Waals surface area contributed by atoms with Crippen molar-refractivity contribution in [3.8, 4) is 0 Å². The van der Waals surface area contributed by atoms with Crippen molar-refractivity contribution >= 4 is 23.1 Å². The summed E-state index contributed by atoms with van der Waals surface area (Å²) in [5.74, 6) is -0.195. The number of likely N-dealkylation sites (N-methyl/N-ethyl adjacent to an activating group) is 1. The summed E-state index contributed by atoms with van der Waals surface area (Å²) in [6, 6.07) is 9.56. The van der Waals surface area contributed by atoms with Gasteiger partial charge >= 0.3 is 5.69 Å². The summed E-state index contributed by atoms with van der Waals surface area (Å²) in [4.78, 5) is 43.7. The normalized spacial score (nSPS) is 10.8. The summed E-state index contributed by atoms with van der Waals surface area (Å²) < 4.78 is 1.35. The third-order valence-corrected chi connectivity index (χ3v) is 5.08. The summed E-state index contributed by atoms with van der Waals surface area (Å²) in [7, 11) is 1.83. The lowest BCUT2D eigenvalue weighted by atomic mass is 10.2. The first-order valence-electron chi connectivity index (χ1n) is 10.6. The van der Waals surface area contributed by atoms with E-state index in [1.807, 2.05) is 49.2 Å². The Morgan fingerprint density at radius 3 is 2.37 bits per heavy atom. The number of amides is 1. The topological polar surface area (TPSA) is 104 Å². The highest BCUT2D eigenvalue weighted by Crippen LogP contribution is 2.19. The fourth-order valence-electron chi connectivity index (χ4n) is 3.32. The zero-order valence-corrected chi connectivity index (χ0v) is 18.2. The van der Waals surface area contributed by atoms with E-state index in [4.69, 9.17) is 5.73 Å². The zero-order valence-electron chi connectivity index (χ0n) is 18.2. The molecule has 2 rings (SSSR count). The molecule has 0 saturated carbocycles. The predicted molar refractivity (Wildman–Crippen MR) is 122 cm³/mol. The number of benzene rings is 1. The van der Waals surface area contributed by atoms with E-state index in [1.165, 1.54) is 9.47 Å². The maximum Gasteiger partial charge on any atom is 0.330 e. The second-order valence-electron chi connectivity index (χ2n) is 7.44. The second kappa shape index (κ2) is 11.2. The summed E-state index contributed by atoms with van der Waals surface area (Å²) >= 11 is 0. The Hall–Kier alpha value is -3.03. The largest absolute Gasteiger partial charge is 0.383 e. The smallest absolute Gasteiger partial charge is 0.330 e. The minimum Gasteiger partial charge on any atom is -0.383 e. The van der Waals surface area contributed by atoms with Gasteiger partial charge in [0, 0.05) is 25.8 Å². The molecule has 2 aromatic rings. The van der Waals surface area contributed by atoms with Crippen molar-refractivity contribution < 1.29 is 4.79 Å². The molecule has 0 bridgehead atoms. The molecule has 1 aromatic carbocycles. The highest BCUT2D eigenvalue weighted by atomic mass is 16.2. The fraction of sp³-hybridized carbons (Fsp3) is 0.500. The summed E-state index contributed by atoms with van der Waals surface area (Å²) in [6.45, 7) is 4.93. The maximum atomic E-state index is 13.2. The molecule has 0 spiro atoms. The molecule has 3 N–H and O–H groups in total. The van der Waals surface area contributed by atoms with Crippen LogP contribution in [-0.4, -0.2) is 35.6 Å². The monoisotopic (exact) mass is 415 g/mol. The van der Waals surface area contributed by atoms with Crippen molar-refractivity contribution in [2.45, 2.75) is 52.5 Å². The van der Waals surface area contributed by atoms with Gasteiger partial charge in [-0.25, -0.2) is 4.79 Å². The standard InChI is InChI=1S/C22H33N5O3/c1-4-6-11-15-26(18(28)16-25(3)17-12-9-8-10-13-17)19-20(23)27(14-7-5-2)22(30)24-21(19)29/h8-10,12-13H,4-7,11,14-16,23H2,1-3H3,(H,24,29,30). The molecule has 0 fully saturated rings. The highest BCUT2D eigenvalue weighted by molar-refractivity contribution is 5.98. The molecule has 1 aromatic heterocycles. The zero-order chi connectivity index (χ0) is 22.1. The molecule has 30 heavy (non-hydrogen) atoms. The van der Waals surface area contributed by atoms with Crippen molar-refractivity contribution in [1.29, 1.82) is 0 Å². The van der Waals surface area contributed by atoms with Gasteiger partial charge in [-0.3, -0.25) is 19.1 Å². The molecule has 0 aliphatic carbocycles. The van der Waals surface area contributed by atoms with Crippen LogP contribution in [-0.2, 0) is 11.3 Å². The van der Waals surface area contributed by atoms with Gasteiger partial charge in [0.1, 0.15) is 5.82 Å². The van der Waals surface area contributed by atoms with Crippen LogP contribution < -0.4 is 26.8 Å². The van der Waals surface area contributed by atoms with Gasteiger partial charge < -0.3 is 15.5 Å². The Bertz CT molecular complexity index is 936. The van der Waals surface area contributed by atoms with Crippen LogP contribution >= 0.6 is 0 Å². The summed E-state index contributed by atoms with van der Waals surface area (Å²) in [5.41, 5.74) is 6.03. The van der Waals surface area contributed by atoms with Crippen LogP contribution in [0.5, 0.6) is 0 Å². The molecule has 0 unspecified atom stereocenters. The number of para-hydroxylation sites is 1. The van der Waals surface area contributed by atoms with E-state index in [0.29, 0.717) is 13.1 Å². The lowest BCUT2D eigenvalue weighted by molar-refractivity contribution is -0.117. The summed E-state index contributed by atoms with van der Waals surface area (Å²) in [6.07, 6.45) is 4.26. The number of unbranched alkanes of at least 4 members (excludes halogenated alkanes) is 3. The van der Waals surface area contributed by atoms with Gasteiger partial charge in [-0.05, 0) is 25.0 Å². The molecule has 0 aliphatic heterocycles. The molecule has 1 amide bonds. The van der Waals surface area contributed by atoms with Crippen LogP contribution in [0.4, 0.5) is 17.2 Å². The maximum absolute atomic E-state index is 13.2. The van der Waals surface area contributed by atoms with Crippen molar-refractivity contribution in [3.05, 3.63) is 51.2 Å². The number of carbonyl (C=O) groups excluding carboxylic acids is 1. The molecule has 164 valence electrons. The third-order valence-electron chi connectivity index (χ3n) is 5.08. The minimum absolute atomic E-state index is 0.0458. The Morgan fingerprint density at radius 1 is 1.07 bits per heavy atom. The van der Waals surface area contributed by atoms with Crippen LogP contribution in [0.1, 0.15) is 46.0 Å².